The van der Waals surface area contributed by atoms with Crippen molar-refractivity contribution in [3.05, 3.63) is 47.5 Å². The number of hydrogen-bond acceptors (Lipinski definition) is 7. The molecule has 0 radical (unpaired) electrons. The summed E-state index contributed by atoms with van der Waals surface area (Å²) in [4.78, 5) is 48.4. The summed E-state index contributed by atoms with van der Waals surface area (Å²) in [6.07, 6.45) is 1.74. The maximum absolute atomic E-state index is 12.3. The highest BCUT2D eigenvalue weighted by molar-refractivity contribution is 6.05. The van der Waals surface area contributed by atoms with Crippen LogP contribution in [0.2, 0.25) is 0 Å². The minimum atomic E-state index is -0.713. The lowest BCUT2D eigenvalue weighted by Gasteiger charge is -2.11. The van der Waals surface area contributed by atoms with Crippen molar-refractivity contribution in [2.45, 2.75) is 19.8 Å². The molecule has 0 spiro atoms. The number of esters is 1. The Balaban J connectivity index is 1.36. The van der Waals surface area contributed by atoms with E-state index in [0.29, 0.717) is 17.2 Å². The van der Waals surface area contributed by atoms with Crippen LogP contribution < -0.4 is 20.1 Å². The van der Waals surface area contributed by atoms with Crippen LogP contribution in [0.15, 0.2) is 36.4 Å². The second-order valence-electron chi connectivity index (χ2n) is 7.28. The molecule has 0 atom stereocenters. The predicted octanol–water partition coefficient (Wildman–Crippen LogP) is 2.76. The summed E-state index contributed by atoms with van der Waals surface area (Å²) in [6.45, 7) is 0.841. The SMILES string of the molecule is CC(=O)c1cc2c(cc1NC(=O)COC(=O)c1cccc(NC(=O)C3CC3)c1)OCO2. The smallest absolute Gasteiger partial charge is 0.338 e. The quantitative estimate of drug-likeness (QED) is 0.518. The molecule has 1 heterocycles. The number of carbonyl (C=O) groups is 4. The first kappa shape index (κ1) is 20.4. The number of hydrogen-bond donors (Lipinski definition) is 2. The number of Topliss-reactive ketones (excluding diaryl/α,β-unsaturated/α-hetero) is 1. The van der Waals surface area contributed by atoms with Gasteiger partial charge in [-0.2, -0.15) is 0 Å². The van der Waals surface area contributed by atoms with Gasteiger partial charge >= 0.3 is 5.97 Å². The molecular weight excluding hydrogens is 404 g/mol. The third-order valence-corrected chi connectivity index (χ3v) is 4.81. The van der Waals surface area contributed by atoms with E-state index in [2.05, 4.69) is 10.6 Å². The molecule has 1 aliphatic carbocycles. The standard InChI is InChI=1S/C22H20N2O7/c1-12(25)16-8-18-19(31-11-30-18)9-17(16)24-20(26)10-29-22(28)14-3-2-4-15(7-14)23-21(27)13-5-6-13/h2-4,7-9,13H,5-6,10-11H2,1H3,(H,23,27)(H,24,26). The van der Waals surface area contributed by atoms with Crippen molar-refractivity contribution in [3.8, 4) is 11.5 Å². The minimum absolute atomic E-state index is 0.0296. The average molecular weight is 424 g/mol. The first-order valence-corrected chi connectivity index (χ1v) is 9.73. The van der Waals surface area contributed by atoms with Gasteiger partial charge in [-0.1, -0.05) is 6.07 Å². The molecule has 1 aliphatic heterocycles. The number of anilines is 2. The molecule has 160 valence electrons. The number of ketones is 1. The van der Waals surface area contributed by atoms with Gasteiger partial charge in [0, 0.05) is 23.2 Å². The van der Waals surface area contributed by atoms with Gasteiger partial charge in [-0.15, -0.1) is 0 Å². The minimum Gasteiger partial charge on any atom is -0.454 e. The molecular formula is C22H20N2O7. The van der Waals surface area contributed by atoms with Gasteiger partial charge in [-0.05, 0) is 44.0 Å². The lowest BCUT2D eigenvalue weighted by Crippen LogP contribution is -2.22. The van der Waals surface area contributed by atoms with Gasteiger partial charge in [-0.3, -0.25) is 14.4 Å². The maximum atomic E-state index is 12.3. The van der Waals surface area contributed by atoms with E-state index in [1.165, 1.54) is 31.2 Å². The molecule has 0 unspecified atom stereocenters. The van der Waals surface area contributed by atoms with Crippen molar-refractivity contribution in [1.29, 1.82) is 0 Å². The predicted molar refractivity (Wildman–Crippen MR) is 109 cm³/mol. The Morgan fingerprint density at radius 2 is 1.77 bits per heavy atom. The van der Waals surface area contributed by atoms with E-state index in [4.69, 9.17) is 14.2 Å². The highest BCUT2D eigenvalue weighted by Crippen LogP contribution is 2.37. The summed E-state index contributed by atoms with van der Waals surface area (Å²) in [5.41, 5.74) is 1.18. The second kappa shape index (κ2) is 8.47. The number of fused-ring (bicyclic) bond motifs is 1. The number of carbonyl (C=O) groups excluding carboxylic acids is 4. The molecule has 1 saturated carbocycles. The summed E-state index contributed by atoms with van der Waals surface area (Å²) in [7, 11) is 0. The first-order chi connectivity index (χ1) is 14.9. The molecule has 0 saturated heterocycles. The van der Waals surface area contributed by atoms with Crippen LogP contribution in [0, 0.1) is 5.92 Å². The summed E-state index contributed by atoms with van der Waals surface area (Å²) in [5, 5.41) is 5.31. The Morgan fingerprint density at radius 1 is 1.03 bits per heavy atom. The molecule has 0 bridgehead atoms. The number of nitrogens with one attached hydrogen (secondary N) is 2. The van der Waals surface area contributed by atoms with Gasteiger partial charge < -0.3 is 24.8 Å². The summed E-state index contributed by atoms with van der Waals surface area (Å²) >= 11 is 0. The Labute approximate surface area is 177 Å². The molecule has 9 heteroatoms. The summed E-state index contributed by atoms with van der Waals surface area (Å²) < 4.78 is 15.6. The Kier molecular flexibility index (Phi) is 5.57. The highest BCUT2D eigenvalue weighted by atomic mass is 16.7. The zero-order chi connectivity index (χ0) is 22.0. The largest absolute Gasteiger partial charge is 0.454 e. The lowest BCUT2D eigenvalue weighted by atomic mass is 10.1. The van der Waals surface area contributed by atoms with E-state index in [9.17, 15) is 19.2 Å². The van der Waals surface area contributed by atoms with Crippen LogP contribution >= 0.6 is 0 Å². The van der Waals surface area contributed by atoms with E-state index in [-0.39, 0.29) is 41.2 Å². The molecule has 9 nitrogen and oxygen atoms in total. The third-order valence-electron chi connectivity index (χ3n) is 4.81. The topological polar surface area (TPSA) is 120 Å². The molecule has 2 amide bonds. The highest BCUT2D eigenvalue weighted by Gasteiger charge is 2.29. The maximum Gasteiger partial charge on any atom is 0.338 e. The van der Waals surface area contributed by atoms with E-state index in [0.717, 1.165) is 12.8 Å². The van der Waals surface area contributed by atoms with Crippen LogP contribution in [0.5, 0.6) is 11.5 Å². The summed E-state index contributed by atoms with van der Waals surface area (Å²) in [5.74, 6) is -0.811. The molecule has 2 N–H and O–H groups in total. The molecule has 1 fully saturated rings. The van der Waals surface area contributed by atoms with E-state index in [1.807, 2.05) is 0 Å². The van der Waals surface area contributed by atoms with Crippen molar-refractivity contribution in [3.63, 3.8) is 0 Å². The second-order valence-corrected chi connectivity index (χ2v) is 7.28. The molecule has 31 heavy (non-hydrogen) atoms. The van der Waals surface area contributed by atoms with Crippen molar-refractivity contribution in [2.75, 3.05) is 24.0 Å². The van der Waals surface area contributed by atoms with Crippen LogP contribution in [0.25, 0.3) is 0 Å². The number of benzene rings is 2. The molecule has 2 aromatic carbocycles. The molecule has 2 aliphatic rings. The van der Waals surface area contributed by atoms with Crippen LogP contribution in [0.4, 0.5) is 11.4 Å². The zero-order valence-electron chi connectivity index (χ0n) is 16.7. The number of amides is 2. The van der Waals surface area contributed by atoms with Crippen molar-refractivity contribution < 1.29 is 33.4 Å². The van der Waals surface area contributed by atoms with Crippen LogP contribution in [-0.2, 0) is 14.3 Å². The first-order valence-electron chi connectivity index (χ1n) is 9.73. The van der Waals surface area contributed by atoms with Crippen LogP contribution in [0.1, 0.15) is 40.5 Å². The van der Waals surface area contributed by atoms with E-state index >= 15 is 0 Å². The van der Waals surface area contributed by atoms with Gasteiger partial charge in [0.1, 0.15) is 0 Å². The zero-order valence-corrected chi connectivity index (χ0v) is 16.7. The third kappa shape index (κ3) is 4.82. The number of rotatable bonds is 7. The molecule has 4 rings (SSSR count). The fourth-order valence-corrected chi connectivity index (χ4v) is 3.05. The van der Waals surface area contributed by atoms with E-state index < -0.39 is 18.5 Å². The molecule has 2 aromatic rings. The van der Waals surface area contributed by atoms with Gasteiger partial charge in [-0.25, -0.2) is 4.79 Å². The Bertz CT molecular complexity index is 1080. The monoisotopic (exact) mass is 424 g/mol. The molecule has 0 aromatic heterocycles. The normalized spacial score (nSPS) is 14.0. The van der Waals surface area contributed by atoms with Crippen LogP contribution in [0.3, 0.4) is 0 Å². The average Bonchev–Trinajstić information content (AvgIpc) is 3.50. The Hall–Kier alpha value is -3.88. The van der Waals surface area contributed by atoms with Crippen molar-refractivity contribution in [2.24, 2.45) is 5.92 Å². The van der Waals surface area contributed by atoms with Gasteiger partial charge in [0.2, 0.25) is 12.7 Å². The van der Waals surface area contributed by atoms with Gasteiger partial charge in [0.05, 0.1) is 11.3 Å². The van der Waals surface area contributed by atoms with Gasteiger partial charge in [0.25, 0.3) is 5.91 Å². The lowest BCUT2D eigenvalue weighted by molar-refractivity contribution is -0.119. The summed E-state index contributed by atoms with van der Waals surface area (Å²) in [6, 6.07) is 9.29. The van der Waals surface area contributed by atoms with Crippen LogP contribution in [-0.4, -0.2) is 37.0 Å². The fraction of sp³-hybridized carbons (Fsp3) is 0.273. The van der Waals surface area contributed by atoms with E-state index in [1.54, 1.807) is 12.1 Å². The number of ether oxygens (including phenoxy) is 3. The Morgan fingerprint density at radius 3 is 2.48 bits per heavy atom. The van der Waals surface area contributed by atoms with Crippen molar-refractivity contribution in [1.82, 2.24) is 0 Å². The fourth-order valence-electron chi connectivity index (χ4n) is 3.05. The van der Waals surface area contributed by atoms with Gasteiger partial charge in [0.15, 0.2) is 23.9 Å². The van der Waals surface area contributed by atoms with Crippen molar-refractivity contribution >= 4 is 34.9 Å².